The monoisotopic (exact) mass is 288 g/mol. The molecule has 0 radical (unpaired) electrons. The van der Waals surface area contributed by atoms with Gasteiger partial charge in [-0.2, -0.15) is 0 Å². The van der Waals surface area contributed by atoms with Gasteiger partial charge in [-0.1, -0.05) is 18.2 Å². The molecule has 0 atom stereocenters. The highest BCUT2D eigenvalue weighted by atomic mass is 32.1. The van der Waals surface area contributed by atoms with E-state index in [2.05, 4.69) is 29.6 Å². The van der Waals surface area contributed by atoms with E-state index < -0.39 is 0 Å². The number of carbonyl (C=O) groups is 1. The minimum atomic E-state index is 0.671. The van der Waals surface area contributed by atoms with Gasteiger partial charge in [-0.05, 0) is 48.4 Å². The summed E-state index contributed by atoms with van der Waals surface area (Å²) in [6.07, 6.45) is 5.70. The number of carbonyl (C=O) groups excluding carboxylic acids is 1. The molecular weight excluding hydrogens is 268 g/mol. The van der Waals surface area contributed by atoms with Gasteiger partial charge in [0.05, 0.1) is 6.61 Å². The summed E-state index contributed by atoms with van der Waals surface area (Å²) in [4.78, 5) is 11.6. The molecular formula is C17H20O2S. The van der Waals surface area contributed by atoms with E-state index in [-0.39, 0.29) is 0 Å². The summed E-state index contributed by atoms with van der Waals surface area (Å²) in [5, 5.41) is 2.09. The van der Waals surface area contributed by atoms with Gasteiger partial charge in [0.15, 0.2) is 0 Å². The van der Waals surface area contributed by atoms with Crippen molar-refractivity contribution >= 4 is 17.6 Å². The highest BCUT2D eigenvalue weighted by Crippen LogP contribution is 2.15. The van der Waals surface area contributed by atoms with E-state index in [9.17, 15) is 4.79 Å². The van der Waals surface area contributed by atoms with Gasteiger partial charge in [0.25, 0.3) is 0 Å². The molecule has 0 spiro atoms. The van der Waals surface area contributed by atoms with Gasteiger partial charge in [0.2, 0.25) is 0 Å². The van der Waals surface area contributed by atoms with Crippen molar-refractivity contribution in [1.82, 2.24) is 0 Å². The molecule has 0 fully saturated rings. The number of rotatable bonds is 9. The Morgan fingerprint density at radius 1 is 1.05 bits per heavy atom. The highest BCUT2D eigenvalue weighted by molar-refractivity contribution is 7.09. The van der Waals surface area contributed by atoms with Crippen LogP contribution in [0.3, 0.4) is 0 Å². The fourth-order valence-corrected chi connectivity index (χ4v) is 2.72. The second-order valence-corrected chi connectivity index (χ2v) is 5.77. The van der Waals surface area contributed by atoms with E-state index in [4.69, 9.17) is 4.74 Å². The smallest absolute Gasteiger partial charge is 0.119 e. The number of aryl methyl sites for hydroxylation is 1. The standard InChI is InChI=1S/C17H20O2S/c18-12-3-1-2-5-15-7-9-16(10-8-15)19-13-11-17-6-4-14-20-17/h4,6-10,12,14H,1-3,5,11,13H2. The molecule has 106 valence electrons. The van der Waals surface area contributed by atoms with Crippen molar-refractivity contribution in [2.24, 2.45) is 0 Å². The maximum absolute atomic E-state index is 10.2. The summed E-state index contributed by atoms with van der Waals surface area (Å²) < 4.78 is 5.74. The summed E-state index contributed by atoms with van der Waals surface area (Å²) in [6.45, 7) is 0.721. The number of aldehydes is 1. The fourth-order valence-electron chi connectivity index (χ4n) is 2.03. The van der Waals surface area contributed by atoms with E-state index >= 15 is 0 Å². The van der Waals surface area contributed by atoms with Crippen LogP contribution in [0, 0.1) is 0 Å². The van der Waals surface area contributed by atoms with Gasteiger partial charge in [-0.3, -0.25) is 0 Å². The van der Waals surface area contributed by atoms with Gasteiger partial charge in [0, 0.05) is 17.7 Å². The average Bonchev–Trinajstić information content (AvgIpc) is 2.98. The summed E-state index contributed by atoms with van der Waals surface area (Å²) in [5.74, 6) is 0.929. The van der Waals surface area contributed by atoms with E-state index in [1.165, 1.54) is 10.4 Å². The lowest BCUT2D eigenvalue weighted by Crippen LogP contribution is -2.00. The Balaban J connectivity index is 1.69. The van der Waals surface area contributed by atoms with Crippen LogP contribution >= 0.6 is 11.3 Å². The van der Waals surface area contributed by atoms with Crippen molar-refractivity contribution in [3.8, 4) is 5.75 Å². The first-order valence-corrected chi connectivity index (χ1v) is 7.94. The first-order chi connectivity index (χ1) is 9.88. The number of thiophene rings is 1. The van der Waals surface area contributed by atoms with Gasteiger partial charge >= 0.3 is 0 Å². The van der Waals surface area contributed by atoms with E-state index in [1.807, 2.05) is 12.1 Å². The summed E-state index contributed by atoms with van der Waals surface area (Å²) in [7, 11) is 0. The number of hydrogen-bond donors (Lipinski definition) is 0. The topological polar surface area (TPSA) is 26.3 Å². The molecule has 0 bridgehead atoms. The molecule has 0 saturated carbocycles. The van der Waals surface area contributed by atoms with Crippen LogP contribution in [-0.4, -0.2) is 12.9 Å². The Morgan fingerprint density at radius 2 is 1.90 bits per heavy atom. The molecule has 2 rings (SSSR count). The number of unbranched alkanes of at least 4 members (excludes halogenated alkanes) is 2. The van der Waals surface area contributed by atoms with Crippen LogP contribution in [0.25, 0.3) is 0 Å². The van der Waals surface area contributed by atoms with Gasteiger partial charge < -0.3 is 9.53 Å². The van der Waals surface area contributed by atoms with E-state index in [0.29, 0.717) is 6.42 Å². The lowest BCUT2D eigenvalue weighted by molar-refractivity contribution is -0.107. The van der Waals surface area contributed by atoms with Crippen molar-refractivity contribution in [3.05, 3.63) is 52.2 Å². The second kappa shape index (κ2) is 8.54. The lowest BCUT2D eigenvalue weighted by atomic mass is 10.1. The van der Waals surface area contributed by atoms with Crippen molar-refractivity contribution < 1.29 is 9.53 Å². The molecule has 0 unspecified atom stereocenters. The Hall–Kier alpha value is -1.61. The van der Waals surface area contributed by atoms with Crippen LogP contribution in [-0.2, 0) is 17.6 Å². The lowest BCUT2D eigenvalue weighted by Gasteiger charge is -2.06. The Bertz CT molecular complexity index is 488. The molecule has 2 aromatic rings. The van der Waals surface area contributed by atoms with Crippen LogP contribution in [0.1, 0.15) is 29.7 Å². The normalized spacial score (nSPS) is 10.4. The van der Waals surface area contributed by atoms with Crippen molar-refractivity contribution in [2.45, 2.75) is 32.1 Å². The van der Waals surface area contributed by atoms with Crippen molar-refractivity contribution in [1.29, 1.82) is 0 Å². The van der Waals surface area contributed by atoms with Crippen LogP contribution in [0.15, 0.2) is 41.8 Å². The molecule has 0 aliphatic heterocycles. The fraction of sp³-hybridized carbons (Fsp3) is 0.353. The first-order valence-electron chi connectivity index (χ1n) is 7.06. The van der Waals surface area contributed by atoms with Crippen molar-refractivity contribution in [3.63, 3.8) is 0 Å². The van der Waals surface area contributed by atoms with E-state index in [0.717, 1.165) is 44.3 Å². The minimum Gasteiger partial charge on any atom is -0.493 e. The third-order valence-electron chi connectivity index (χ3n) is 3.16. The molecule has 2 nitrogen and oxygen atoms in total. The molecule has 0 aliphatic rings. The summed E-state index contributed by atoms with van der Waals surface area (Å²) in [6, 6.07) is 12.5. The third kappa shape index (κ3) is 5.17. The number of ether oxygens (including phenoxy) is 1. The number of benzene rings is 1. The van der Waals surface area contributed by atoms with Crippen molar-refractivity contribution in [2.75, 3.05) is 6.61 Å². The third-order valence-corrected chi connectivity index (χ3v) is 4.09. The predicted octanol–water partition coefficient (Wildman–Crippen LogP) is 4.28. The van der Waals surface area contributed by atoms with Crippen LogP contribution in [0.2, 0.25) is 0 Å². The Morgan fingerprint density at radius 3 is 2.60 bits per heavy atom. The zero-order chi connectivity index (χ0) is 14.0. The Kier molecular flexibility index (Phi) is 6.32. The molecule has 20 heavy (non-hydrogen) atoms. The zero-order valence-corrected chi connectivity index (χ0v) is 12.4. The second-order valence-electron chi connectivity index (χ2n) is 4.73. The molecule has 3 heteroatoms. The molecule has 1 heterocycles. The zero-order valence-electron chi connectivity index (χ0n) is 11.6. The largest absolute Gasteiger partial charge is 0.493 e. The number of hydrogen-bond acceptors (Lipinski definition) is 3. The predicted molar refractivity (Wildman–Crippen MR) is 83.6 cm³/mol. The first kappa shape index (κ1) is 14.8. The van der Waals surface area contributed by atoms with Crippen LogP contribution < -0.4 is 4.74 Å². The molecule has 0 aliphatic carbocycles. The van der Waals surface area contributed by atoms with E-state index in [1.54, 1.807) is 11.3 Å². The quantitative estimate of drug-likeness (QED) is 0.508. The molecule has 0 saturated heterocycles. The average molecular weight is 288 g/mol. The maximum Gasteiger partial charge on any atom is 0.119 e. The Labute approximate surface area is 124 Å². The van der Waals surface area contributed by atoms with Crippen LogP contribution in [0.4, 0.5) is 0 Å². The SMILES string of the molecule is O=CCCCCc1ccc(OCCc2cccs2)cc1. The molecule has 1 aromatic heterocycles. The molecule has 1 aromatic carbocycles. The van der Waals surface area contributed by atoms with Gasteiger partial charge in [0.1, 0.15) is 12.0 Å². The summed E-state index contributed by atoms with van der Waals surface area (Å²) >= 11 is 1.77. The maximum atomic E-state index is 10.2. The highest BCUT2D eigenvalue weighted by Gasteiger charge is 1.98. The minimum absolute atomic E-state index is 0.671. The van der Waals surface area contributed by atoms with Gasteiger partial charge in [-0.25, -0.2) is 0 Å². The molecule has 0 N–H and O–H groups in total. The van der Waals surface area contributed by atoms with Crippen LogP contribution in [0.5, 0.6) is 5.75 Å². The van der Waals surface area contributed by atoms with Gasteiger partial charge in [-0.15, -0.1) is 11.3 Å². The summed E-state index contributed by atoms with van der Waals surface area (Å²) in [5.41, 5.74) is 1.31. The molecule has 0 amide bonds.